The number of nitro groups is 1. The van der Waals surface area contributed by atoms with Crippen molar-refractivity contribution in [2.75, 3.05) is 19.0 Å². The van der Waals surface area contributed by atoms with Gasteiger partial charge in [0.15, 0.2) is 5.78 Å². The average Bonchev–Trinajstić information content (AvgIpc) is 3.12. The molecule has 5 nitrogen and oxygen atoms in total. The molecule has 5 rings (SSSR count). The van der Waals surface area contributed by atoms with E-state index in [0.717, 1.165) is 49.8 Å². The zero-order valence-electron chi connectivity index (χ0n) is 20.7. The Bertz CT molecular complexity index is 1170. The van der Waals surface area contributed by atoms with E-state index in [1.54, 1.807) is 6.92 Å². The van der Waals surface area contributed by atoms with Gasteiger partial charge in [0.05, 0.1) is 11.3 Å². The highest BCUT2D eigenvalue weighted by atomic mass is 16.6. The molecule has 1 aromatic rings. The lowest BCUT2D eigenvalue weighted by atomic mass is 9.54. The van der Waals surface area contributed by atoms with Gasteiger partial charge in [-0.2, -0.15) is 0 Å². The molecule has 178 valence electrons. The molecule has 1 unspecified atom stereocenters. The van der Waals surface area contributed by atoms with Crippen LogP contribution < -0.4 is 4.90 Å². The molecule has 0 N–H and O–H groups in total. The standard InChI is InChI=1S/C29H34N2O3/c1-5-14-29(31(33)34)16-13-26-23-11-8-20-17-27(32)25(19-6-9-21(10-7-19)30(3)4)18-24(20)22(23)12-15-28(26,29)2/h6-7,9-10,17,23,25-26H,8,11-13,15-16,18H2,1-4H3/t23-,25?,26+,28+,29+/m1/s1. The summed E-state index contributed by atoms with van der Waals surface area (Å²) in [5.41, 5.74) is 4.74. The van der Waals surface area contributed by atoms with E-state index < -0.39 is 11.0 Å². The summed E-state index contributed by atoms with van der Waals surface area (Å²) < 4.78 is 0. The zero-order valence-corrected chi connectivity index (χ0v) is 20.7. The maximum Gasteiger partial charge on any atom is 0.286 e. The summed E-state index contributed by atoms with van der Waals surface area (Å²) in [4.78, 5) is 27.4. The van der Waals surface area contributed by atoms with E-state index in [0.29, 0.717) is 12.3 Å². The van der Waals surface area contributed by atoms with Gasteiger partial charge in [0, 0.05) is 31.1 Å². The maximum absolute atomic E-state index is 13.1. The van der Waals surface area contributed by atoms with Crippen molar-refractivity contribution in [1.82, 2.24) is 0 Å². The van der Waals surface area contributed by atoms with E-state index in [9.17, 15) is 14.9 Å². The molecule has 0 amide bonds. The predicted molar refractivity (Wildman–Crippen MR) is 134 cm³/mol. The second kappa shape index (κ2) is 8.12. The Labute approximate surface area is 202 Å². The molecule has 0 radical (unpaired) electrons. The van der Waals surface area contributed by atoms with Crippen LogP contribution in [0.3, 0.4) is 0 Å². The third-order valence-electron chi connectivity index (χ3n) is 9.45. The van der Waals surface area contributed by atoms with Gasteiger partial charge in [0.2, 0.25) is 0 Å². The van der Waals surface area contributed by atoms with Crippen molar-refractivity contribution in [3.8, 4) is 11.8 Å². The molecule has 0 aromatic heterocycles. The number of allylic oxidation sites excluding steroid dienone is 4. The maximum atomic E-state index is 13.1. The van der Waals surface area contributed by atoms with Crippen LogP contribution in [0.25, 0.3) is 0 Å². The SMILES string of the molecule is CC#C[C@]1([N+](=O)[O-])CC[C@H]2[C@@H]3CCC4=CC(=O)C(c5ccc(N(C)C)cc5)CC4=C3CC[C@@]21C. The molecule has 4 aliphatic rings. The number of rotatable bonds is 3. The lowest BCUT2D eigenvalue weighted by Gasteiger charge is -2.49. The molecule has 2 fully saturated rings. The van der Waals surface area contributed by atoms with Gasteiger partial charge in [-0.3, -0.25) is 14.9 Å². The van der Waals surface area contributed by atoms with Crippen molar-refractivity contribution < 1.29 is 9.72 Å². The molecule has 1 aromatic carbocycles. The highest BCUT2D eigenvalue weighted by Gasteiger charge is 2.68. The van der Waals surface area contributed by atoms with Crippen molar-refractivity contribution in [3.63, 3.8) is 0 Å². The molecule has 0 bridgehead atoms. The van der Waals surface area contributed by atoms with E-state index in [1.807, 2.05) is 20.2 Å². The van der Waals surface area contributed by atoms with Crippen molar-refractivity contribution in [1.29, 1.82) is 0 Å². The Morgan fingerprint density at radius 1 is 1.12 bits per heavy atom. The summed E-state index contributed by atoms with van der Waals surface area (Å²) in [6.45, 7) is 3.85. The summed E-state index contributed by atoms with van der Waals surface area (Å²) >= 11 is 0. The minimum absolute atomic E-state index is 0.0809. The van der Waals surface area contributed by atoms with Gasteiger partial charge in [0.25, 0.3) is 5.54 Å². The first-order chi connectivity index (χ1) is 16.2. The summed E-state index contributed by atoms with van der Waals surface area (Å²) in [6.07, 6.45) is 7.64. The van der Waals surface area contributed by atoms with Crippen molar-refractivity contribution >= 4 is 11.5 Å². The van der Waals surface area contributed by atoms with E-state index in [1.165, 1.54) is 16.7 Å². The van der Waals surface area contributed by atoms with Crippen LogP contribution in [-0.4, -0.2) is 30.3 Å². The summed E-state index contributed by atoms with van der Waals surface area (Å²) in [5, 5.41) is 12.3. The summed E-state index contributed by atoms with van der Waals surface area (Å²) in [6, 6.07) is 8.35. The minimum Gasteiger partial charge on any atom is -0.378 e. The van der Waals surface area contributed by atoms with Gasteiger partial charge < -0.3 is 4.90 Å². The van der Waals surface area contributed by atoms with Gasteiger partial charge in [-0.25, -0.2) is 0 Å². The van der Waals surface area contributed by atoms with Crippen LogP contribution in [0, 0.1) is 39.2 Å². The largest absolute Gasteiger partial charge is 0.378 e. The van der Waals surface area contributed by atoms with E-state index >= 15 is 0 Å². The van der Waals surface area contributed by atoms with Crippen LogP contribution >= 0.6 is 0 Å². The molecular weight excluding hydrogens is 424 g/mol. The van der Waals surface area contributed by atoms with Crippen molar-refractivity contribution in [2.24, 2.45) is 17.3 Å². The fraction of sp³-hybridized carbons (Fsp3) is 0.552. The van der Waals surface area contributed by atoms with Crippen molar-refractivity contribution in [2.45, 2.75) is 70.3 Å². The smallest absolute Gasteiger partial charge is 0.286 e. The predicted octanol–water partition coefficient (Wildman–Crippen LogP) is 5.69. The zero-order chi connectivity index (χ0) is 24.3. The Kier molecular flexibility index (Phi) is 5.47. The van der Waals surface area contributed by atoms with Gasteiger partial charge in [0.1, 0.15) is 0 Å². The van der Waals surface area contributed by atoms with Crippen molar-refractivity contribution in [3.05, 3.63) is 62.7 Å². The first-order valence-corrected chi connectivity index (χ1v) is 12.5. The molecule has 5 heteroatoms. The third-order valence-corrected chi connectivity index (χ3v) is 9.45. The molecule has 4 aliphatic carbocycles. The molecule has 2 saturated carbocycles. The second-order valence-electron chi connectivity index (χ2n) is 11.0. The molecule has 0 heterocycles. The fourth-order valence-corrected chi connectivity index (χ4v) is 7.60. The number of fused-ring (bicyclic) bond motifs is 4. The van der Waals surface area contributed by atoms with Crippen LogP contribution in [0.1, 0.15) is 70.3 Å². The Hall–Kier alpha value is -2.87. The lowest BCUT2D eigenvalue weighted by molar-refractivity contribution is -0.570. The van der Waals surface area contributed by atoms with E-state index in [-0.39, 0.29) is 22.5 Å². The Balaban J connectivity index is 1.50. The monoisotopic (exact) mass is 458 g/mol. The molecule has 0 aliphatic heterocycles. The number of carbonyl (C=O) groups is 1. The minimum atomic E-state index is -1.13. The van der Waals surface area contributed by atoms with Crippen LogP contribution in [-0.2, 0) is 4.79 Å². The number of nitrogens with zero attached hydrogens (tertiary/aromatic N) is 2. The molecule has 0 saturated heterocycles. The number of hydrogen-bond acceptors (Lipinski definition) is 4. The normalized spacial score (nSPS) is 34.3. The highest BCUT2D eigenvalue weighted by molar-refractivity contribution is 5.98. The number of anilines is 1. The van der Waals surface area contributed by atoms with Crippen LogP contribution in [0.4, 0.5) is 5.69 Å². The van der Waals surface area contributed by atoms with E-state index in [2.05, 4.69) is 47.9 Å². The van der Waals surface area contributed by atoms with Crippen LogP contribution in [0.5, 0.6) is 0 Å². The van der Waals surface area contributed by atoms with Gasteiger partial charge in [-0.05, 0) is 98.1 Å². The highest BCUT2D eigenvalue weighted by Crippen LogP contribution is 2.64. The lowest BCUT2D eigenvalue weighted by Crippen LogP contribution is -2.53. The first kappa shape index (κ1) is 22.9. The summed E-state index contributed by atoms with van der Waals surface area (Å²) in [7, 11) is 4.04. The van der Waals surface area contributed by atoms with E-state index in [4.69, 9.17) is 0 Å². The average molecular weight is 459 g/mol. The quantitative estimate of drug-likeness (QED) is 0.332. The Morgan fingerprint density at radius 3 is 2.50 bits per heavy atom. The molecule has 5 atom stereocenters. The first-order valence-electron chi connectivity index (χ1n) is 12.5. The number of benzene rings is 1. The molecule has 0 spiro atoms. The number of ketones is 1. The topological polar surface area (TPSA) is 63.5 Å². The Morgan fingerprint density at radius 2 is 1.85 bits per heavy atom. The van der Waals surface area contributed by atoms with Crippen LogP contribution in [0.2, 0.25) is 0 Å². The summed E-state index contributed by atoms with van der Waals surface area (Å²) in [5.74, 6) is 6.69. The third kappa shape index (κ3) is 3.18. The number of carbonyl (C=O) groups excluding carboxylic acids is 1. The van der Waals surface area contributed by atoms with Gasteiger partial charge in [-0.1, -0.05) is 30.6 Å². The fourth-order valence-electron chi connectivity index (χ4n) is 7.60. The second-order valence-corrected chi connectivity index (χ2v) is 11.0. The number of hydrogen-bond donors (Lipinski definition) is 0. The van der Waals surface area contributed by atoms with Gasteiger partial charge >= 0.3 is 0 Å². The van der Waals surface area contributed by atoms with Crippen LogP contribution in [0.15, 0.2) is 47.1 Å². The van der Waals surface area contributed by atoms with Gasteiger partial charge in [-0.15, -0.1) is 0 Å². The molecular formula is C29H34N2O3. The molecule has 34 heavy (non-hydrogen) atoms.